The molecule has 0 radical (unpaired) electrons. The topological polar surface area (TPSA) is 79.5 Å². The summed E-state index contributed by atoms with van der Waals surface area (Å²) < 4.78 is 2.10. The first kappa shape index (κ1) is 24.1. The van der Waals surface area contributed by atoms with Gasteiger partial charge in [0.25, 0.3) is 5.91 Å². The highest BCUT2D eigenvalue weighted by molar-refractivity contribution is 8.18. The molecule has 1 saturated carbocycles. The number of thioether (sulfide) groups is 1. The van der Waals surface area contributed by atoms with Gasteiger partial charge in [-0.25, -0.2) is 4.68 Å². The summed E-state index contributed by atoms with van der Waals surface area (Å²) in [6.45, 7) is 3.27. The molecular weight excluding hydrogens is 482 g/mol. The normalized spacial score (nSPS) is 21.4. The van der Waals surface area contributed by atoms with Crippen LogP contribution in [0.2, 0.25) is 0 Å². The number of aromatic nitrogens is 4. The molecule has 6 rings (SSSR count). The maximum atomic E-state index is 12.6. The summed E-state index contributed by atoms with van der Waals surface area (Å²) in [5, 5.41) is 14.0. The van der Waals surface area contributed by atoms with E-state index in [9.17, 15) is 4.79 Å². The van der Waals surface area contributed by atoms with Crippen molar-refractivity contribution < 1.29 is 4.79 Å². The minimum atomic E-state index is -0.153. The number of tetrazole rings is 1. The van der Waals surface area contributed by atoms with Crippen molar-refractivity contribution in [3.8, 4) is 0 Å². The summed E-state index contributed by atoms with van der Waals surface area (Å²) in [5.74, 6) is 0.780. The molecule has 3 aromatic rings. The van der Waals surface area contributed by atoms with Crippen LogP contribution in [0.4, 0.5) is 0 Å². The second-order valence-electron chi connectivity index (χ2n) is 9.83. The van der Waals surface area contributed by atoms with Crippen LogP contribution in [-0.2, 0) is 4.79 Å². The molecule has 1 aliphatic carbocycles. The second kappa shape index (κ2) is 11.0. The Hall–Kier alpha value is -3.30. The number of nitrogens with zero attached hydrogens (tertiary/aromatic N) is 7. The van der Waals surface area contributed by atoms with Gasteiger partial charge in [0.2, 0.25) is 0 Å². The molecule has 0 bridgehead atoms. The van der Waals surface area contributed by atoms with E-state index < -0.39 is 0 Å². The lowest BCUT2D eigenvalue weighted by Gasteiger charge is -2.39. The molecular formula is C28H31N7OS. The van der Waals surface area contributed by atoms with Crippen molar-refractivity contribution in [3.63, 3.8) is 0 Å². The van der Waals surface area contributed by atoms with Gasteiger partial charge in [0, 0.05) is 26.2 Å². The zero-order valence-electron chi connectivity index (χ0n) is 20.8. The lowest BCUT2D eigenvalue weighted by molar-refractivity contribution is -0.113. The molecule has 2 aromatic carbocycles. The van der Waals surface area contributed by atoms with E-state index >= 15 is 0 Å². The molecule has 3 aliphatic rings. The first-order valence-electron chi connectivity index (χ1n) is 13.2. The van der Waals surface area contributed by atoms with Crippen LogP contribution in [0.15, 0.2) is 70.6 Å². The smallest absolute Gasteiger partial charge is 0.286 e. The monoisotopic (exact) mass is 513 g/mol. The first-order chi connectivity index (χ1) is 18.3. The van der Waals surface area contributed by atoms with Crippen molar-refractivity contribution in [1.29, 1.82) is 0 Å². The highest BCUT2D eigenvalue weighted by Gasteiger charge is 2.34. The van der Waals surface area contributed by atoms with Gasteiger partial charge >= 0.3 is 0 Å². The maximum absolute atomic E-state index is 12.6. The molecule has 190 valence electrons. The lowest BCUT2D eigenvalue weighted by atomic mass is 9.95. The Morgan fingerprint density at radius 3 is 2.32 bits per heavy atom. The predicted octanol–water partition coefficient (Wildman–Crippen LogP) is 4.56. The summed E-state index contributed by atoms with van der Waals surface area (Å²) in [4.78, 5) is 22.4. The third kappa shape index (κ3) is 5.24. The maximum Gasteiger partial charge on any atom is 0.286 e. The van der Waals surface area contributed by atoms with E-state index in [1.54, 1.807) is 0 Å². The van der Waals surface area contributed by atoms with Crippen LogP contribution in [0.5, 0.6) is 0 Å². The van der Waals surface area contributed by atoms with Crippen LogP contribution >= 0.6 is 11.8 Å². The van der Waals surface area contributed by atoms with Gasteiger partial charge in [0.15, 0.2) is 11.0 Å². The molecule has 2 fully saturated rings. The van der Waals surface area contributed by atoms with Crippen molar-refractivity contribution in [3.05, 3.63) is 82.5 Å². The fraction of sp³-hybridized carbons (Fsp3) is 0.393. The molecule has 9 heteroatoms. The molecule has 1 aromatic heterocycles. The van der Waals surface area contributed by atoms with Gasteiger partial charge in [-0.1, -0.05) is 79.9 Å². The Balaban J connectivity index is 1.19. The molecule has 2 aliphatic heterocycles. The SMILES string of the molecule is O=C1N=C(N2CCN(C(c3ccccc3)c3nnnn3C3CCCCC3)CC2)S/C1=C\c1ccccc1. The summed E-state index contributed by atoms with van der Waals surface area (Å²) in [6, 6.07) is 20.9. The second-order valence-corrected chi connectivity index (χ2v) is 10.8. The molecule has 1 atom stereocenters. The van der Waals surface area contributed by atoms with Crippen molar-refractivity contribution in [2.75, 3.05) is 26.2 Å². The largest absolute Gasteiger partial charge is 0.348 e. The van der Waals surface area contributed by atoms with Gasteiger partial charge < -0.3 is 4.90 Å². The summed E-state index contributed by atoms with van der Waals surface area (Å²) in [6.07, 6.45) is 7.96. The number of piperazine rings is 1. The fourth-order valence-corrected chi connectivity index (χ4v) is 6.49. The predicted molar refractivity (Wildman–Crippen MR) is 146 cm³/mol. The summed E-state index contributed by atoms with van der Waals surface area (Å²) in [5.41, 5.74) is 2.22. The van der Waals surface area contributed by atoms with Crippen molar-refractivity contribution in [2.45, 2.75) is 44.2 Å². The van der Waals surface area contributed by atoms with E-state index in [2.05, 4.69) is 65.3 Å². The molecule has 1 unspecified atom stereocenters. The van der Waals surface area contributed by atoms with E-state index in [4.69, 9.17) is 0 Å². The minimum absolute atomic E-state index is 0.00591. The lowest BCUT2D eigenvalue weighted by Crippen LogP contribution is -2.49. The summed E-state index contributed by atoms with van der Waals surface area (Å²) >= 11 is 1.48. The fourth-order valence-electron chi connectivity index (χ4n) is 5.53. The number of carbonyl (C=O) groups excluding carboxylic acids is 1. The molecule has 0 spiro atoms. The van der Waals surface area contributed by atoms with E-state index in [1.165, 1.54) is 36.6 Å². The number of hydrogen-bond acceptors (Lipinski definition) is 7. The van der Waals surface area contributed by atoms with E-state index in [0.29, 0.717) is 10.9 Å². The third-order valence-corrected chi connectivity index (χ3v) is 8.50. The first-order valence-corrected chi connectivity index (χ1v) is 14.0. The van der Waals surface area contributed by atoms with Crippen LogP contribution in [-0.4, -0.2) is 67.3 Å². The number of hydrogen-bond donors (Lipinski definition) is 0. The van der Waals surface area contributed by atoms with E-state index in [-0.39, 0.29) is 11.9 Å². The van der Waals surface area contributed by atoms with Crippen molar-refractivity contribution >= 4 is 28.9 Å². The Morgan fingerprint density at radius 1 is 0.892 bits per heavy atom. The third-order valence-electron chi connectivity index (χ3n) is 7.46. The molecule has 37 heavy (non-hydrogen) atoms. The van der Waals surface area contributed by atoms with Gasteiger partial charge in [0.1, 0.15) is 0 Å². The Labute approximate surface area is 221 Å². The number of amidine groups is 1. The quantitative estimate of drug-likeness (QED) is 0.463. The molecule has 8 nitrogen and oxygen atoms in total. The zero-order chi connectivity index (χ0) is 25.0. The summed E-state index contributed by atoms with van der Waals surface area (Å²) in [7, 11) is 0. The van der Waals surface area contributed by atoms with Crippen LogP contribution in [0, 0.1) is 0 Å². The minimum Gasteiger partial charge on any atom is -0.348 e. The van der Waals surface area contributed by atoms with Gasteiger partial charge in [-0.15, -0.1) is 5.10 Å². The van der Waals surface area contributed by atoms with E-state index in [1.807, 2.05) is 36.4 Å². The Bertz CT molecular complexity index is 1280. The molecule has 1 saturated heterocycles. The number of rotatable bonds is 5. The van der Waals surface area contributed by atoms with Crippen LogP contribution < -0.4 is 0 Å². The number of amides is 1. The van der Waals surface area contributed by atoms with Gasteiger partial charge in [-0.05, 0) is 52.2 Å². The average molecular weight is 514 g/mol. The van der Waals surface area contributed by atoms with Crippen molar-refractivity contribution in [2.24, 2.45) is 4.99 Å². The zero-order valence-corrected chi connectivity index (χ0v) is 21.6. The molecule has 3 heterocycles. The van der Waals surface area contributed by atoms with Crippen LogP contribution in [0.1, 0.15) is 61.1 Å². The molecule has 1 amide bonds. The highest BCUT2D eigenvalue weighted by atomic mass is 32.2. The van der Waals surface area contributed by atoms with E-state index in [0.717, 1.165) is 55.6 Å². The number of aliphatic imine (C=N–C) groups is 1. The van der Waals surface area contributed by atoms with Gasteiger partial charge in [0.05, 0.1) is 17.0 Å². The standard InChI is InChI=1S/C28H31N7OS/c36-27-24(20-21-10-4-1-5-11-21)37-28(29-27)34-18-16-33(17-19-34)25(22-12-6-2-7-13-22)26-30-31-32-35(26)23-14-8-3-9-15-23/h1-2,4-7,10-13,20,23,25H,3,8-9,14-19H2/b24-20-. The number of carbonyl (C=O) groups is 1. The number of benzene rings is 2. The van der Waals surface area contributed by atoms with Gasteiger partial charge in [-0.3, -0.25) is 9.69 Å². The highest BCUT2D eigenvalue weighted by Crippen LogP contribution is 2.35. The van der Waals surface area contributed by atoms with Crippen LogP contribution in [0.3, 0.4) is 0 Å². The van der Waals surface area contributed by atoms with Crippen LogP contribution in [0.25, 0.3) is 6.08 Å². The van der Waals surface area contributed by atoms with Gasteiger partial charge in [-0.2, -0.15) is 4.99 Å². The molecule has 0 N–H and O–H groups in total. The Morgan fingerprint density at radius 2 is 1.59 bits per heavy atom. The Kier molecular flexibility index (Phi) is 7.14. The average Bonchev–Trinajstić information content (AvgIpc) is 3.58. The van der Waals surface area contributed by atoms with Crippen molar-refractivity contribution in [1.82, 2.24) is 30.0 Å².